The second-order valence-electron chi connectivity index (χ2n) is 8.83. The van der Waals surface area contributed by atoms with E-state index in [9.17, 15) is 19.6 Å². The Bertz CT molecular complexity index is 1580. The molecule has 226 valence electrons. The van der Waals surface area contributed by atoms with Crippen molar-refractivity contribution in [1.82, 2.24) is 0 Å². The number of hydrogen-bond acceptors (Lipinski definition) is 12. The summed E-state index contributed by atoms with van der Waals surface area (Å²) in [5, 5.41) is 30.3. The molecule has 1 aromatic heterocycles. The van der Waals surface area contributed by atoms with Gasteiger partial charge in [0.15, 0.2) is 5.00 Å². The molecule has 0 radical (unpaired) electrons. The van der Waals surface area contributed by atoms with Crippen molar-refractivity contribution < 1.29 is 23.9 Å². The van der Waals surface area contributed by atoms with Gasteiger partial charge in [0, 0.05) is 30.9 Å². The van der Waals surface area contributed by atoms with Gasteiger partial charge in [-0.15, -0.1) is 20.5 Å². The first-order chi connectivity index (χ1) is 21.4. The Morgan fingerprint density at radius 1 is 0.977 bits per heavy atom. The third-order valence-corrected chi connectivity index (χ3v) is 6.72. The van der Waals surface area contributed by atoms with Gasteiger partial charge in [-0.3, -0.25) is 4.79 Å². The van der Waals surface area contributed by atoms with E-state index in [1.54, 1.807) is 18.2 Å². The molecular formula is C31H31N7O5S. The highest BCUT2D eigenvalue weighted by atomic mass is 32.1. The molecule has 0 unspecified atom stereocenters. The second kappa shape index (κ2) is 17.5. The van der Waals surface area contributed by atoms with E-state index >= 15 is 0 Å². The summed E-state index contributed by atoms with van der Waals surface area (Å²) in [5.74, 6) is -1.52. The number of thiophene rings is 1. The highest BCUT2D eigenvalue weighted by molar-refractivity contribution is 7.19. The average Bonchev–Trinajstić information content (AvgIpc) is 3.45. The van der Waals surface area contributed by atoms with E-state index in [4.69, 9.17) is 9.47 Å². The van der Waals surface area contributed by atoms with Gasteiger partial charge in [-0.1, -0.05) is 42.7 Å². The third kappa shape index (κ3) is 10.4. The molecule has 3 rings (SSSR count). The lowest BCUT2D eigenvalue weighted by molar-refractivity contribution is -0.139. The first-order valence-corrected chi connectivity index (χ1v) is 14.4. The second-order valence-corrected chi connectivity index (χ2v) is 9.84. The van der Waals surface area contributed by atoms with Gasteiger partial charge in [-0.05, 0) is 49.7 Å². The van der Waals surface area contributed by atoms with E-state index in [1.807, 2.05) is 48.2 Å². The number of benzene rings is 2. The van der Waals surface area contributed by atoms with Gasteiger partial charge in [0.25, 0.3) is 0 Å². The van der Waals surface area contributed by atoms with Crippen LogP contribution in [-0.4, -0.2) is 44.1 Å². The summed E-state index contributed by atoms with van der Waals surface area (Å²) in [7, 11) is 0. The maximum absolute atomic E-state index is 12.7. The molecule has 0 saturated heterocycles. The normalized spacial score (nSPS) is 10.7. The van der Waals surface area contributed by atoms with E-state index in [0.29, 0.717) is 46.6 Å². The van der Waals surface area contributed by atoms with Gasteiger partial charge in [-0.2, -0.15) is 5.26 Å². The summed E-state index contributed by atoms with van der Waals surface area (Å²) in [6.07, 6.45) is 2.62. The number of azo groups is 2. The zero-order chi connectivity index (χ0) is 31.7. The molecule has 1 amide bonds. The van der Waals surface area contributed by atoms with Crippen molar-refractivity contribution in [3.05, 3.63) is 85.5 Å². The molecule has 13 heteroatoms. The molecule has 2 aromatic carbocycles. The number of nitrogens with one attached hydrogen (secondary N) is 1. The van der Waals surface area contributed by atoms with Crippen molar-refractivity contribution in [3.63, 3.8) is 0 Å². The van der Waals surface area contributed by atoms with E-state index in [0.717, 1.165) is 29.2 Å². The number of amides is 1. The standard InChI is InChI=1S/C31H31N7O5S/c1-4-29(40)42-17-10-16-38(6-3)24-13-14-25(26(20-24)33-27(39)15-18-43-30(41)5-2)35-37-31-22(21-32)19-28(44-31)36-34-23-11-8-7-9-12-23/h4-5,7-9,11-14,19-20H,1-2,6,10,15-18H2,3H3,(H,33,39). The molecule has 0 aliphatic heterocycles. The first kappa shape index (κ1) is 33.0. The fourth-order valence-corrected chi connectivity index (χ4v) is 4.41. The highest BCUT2D eigenvalue weighted by Crippen LogP contribution is 2.39. The number of anilines is 2. The minimum Gasteiger partial charge on any atom is -0.462 e. The van der Waals surface area contributed by atoms with Gasteiger partial charge in [0.2, 0.25) is 5.91 Å². The summed E-state index contributed by atoms with van der Waals surface area (Å²) < 4.78 is 9.98. The van der Waals surface area contributed by atoms with Gasteiger partial charge in [0.1, 0.15) is 23.4 Å². The molecule has 12 nitrogen and oxygen atoms in total. The average molecular weight is 614 g/mol. The summed E-state index contributed by atoms with van der Waals surface area (Å²) >= 11 is 1.15. The number of carbonyl (C=O) groups is 3. The van der Waals surface area contributed by atoms with Gasteiger partial charge < -0.3 is 19.7 Å². The van der Waals surface area contributed by atoms with Crippen LogP contribution in [-0.2, 0) is 23.9 Å². The highest BCUT2D eigenvalue weighted by Gasteiger charge is 2.14. The minimum atomic E-state index is -0.626. The molecule has 0 fully saturated rings. The van der Waals surface area contributed by atoms with Crippen LogP contribution in [0.2, 0.25) is 0 Å². The predicted molar refractivity (Wildman–Crippen MR) is 168 cm³/mol. The van der Waals surface area contributed by atoms with Crippen LogP contribution in [0.1, 0.15) is 25.3 Å². The molecule has 0 bridgehead atoms. The number of nitrogens with zero attached hydrogens (tertiary/aromatic N) is 6. The Morgan fingerprint density at radius 3 is 2.39 bits per heavy atom. The first-order valence-electron chi connectivity index (χ1n) is 13.6. The zero-order valence-electron chi connectivity index (χ0n) is 24.1. The molecule has 44 heavy (non-hydrogen) atoms. The van der Waals surface area contributed by atoms with Crippen LogP contribution in [0.5, 0.6) is 0 Å². The Balaban J connectivity index is 1.84. The Morgan fingerprint density at radius 2 is 1.70 bits per heavy atom. The lowest BCUT2D eigenvalue weighted by atomic mass is 10.2. The van der Waals surface area contributed by atoms with Crippen molar-refractivity contribution in [2.75, 3.05) is 36.5 Å². The lowest BCUT2D eigenvalue weighted by Crippen LogP contribution is -2.25. The van der Waals surface area contributed by atoms with Crippen LogP contribution in [0, 0.1) is 11.3 Å². The number of rotatable bonds is 16. The number of carbonyl (C=O) groups excluding carboxylic acids is 3. The zero-order valence-corrected chi connectivity index (χ0v) is 25.0. The van der Waals surface area contributed by atoms with Crippen LogP contribution in [0.15, 0.2) is 100 Å². The SMILES string of the molecule is C=CC(=O)OCCCN(CC)c1ccc(N=Nc2sc(N=Nc3ccccc3)cc2C#N)c(NC(=O)CCOC(=O)C=C)c1. The van der Waals surface area contributed by atoms with Gasteiger partial charge in [0.05, 0.1) is 30.0 Å². The van der Waals surface area contributed by atoms with Crippen molar-refractivity contribution in [2.45, 2.75) is 19.8 Å². The lowest BCUT2D eigenvalue weighted by Gasteiger charge is -2.24. The summed E-state index contributed by atoms with van der Waals surface area (Å²) in [6.45, 7) is 10.0. The van der Waals surface area contributed by atoms with Crippen LogP contribution in [0.3, 0.4) is 0 Å². The molecule has 0 atom stereocenters. The van der Waals surface area contributed by atoms with E-state index in [2.05, 4.69) is 45.0 Å². The number of hydrogen-bond donors (Lipinski definition) is 1. The number of nitriles is 1. The van der Waals surface area contributed by atoms with E-state index < -0.39 is 17.8 Å². The van der Waals surface area contributed by atoms with Crippen LogP contribution in [0.4, 0.5) is 32.8 Å². The van der Waals surface area contributed by atoms with E-state index in [1.165, 1.54) is 0 Å². The minimum absolute atomic E-state index is 0.0914. The van der Waals surface area contributed by atoms with E-state index in [-0.39, 0.29) is 25.2 Å². The summed E-state index contributed by atoms with van der Waals surface area (Å²) in [6, 6.07) is 18.1. The Labute approximate surface area is 259 Å². The largest absolute Gasteiger partial charge is 0.462 e. The van der Waals surface area contributed by atoms with Crippen LogP contribution < -0.4 is 10.2 Å². The molecular weight excluding hydrogens is 582 g/mol. The van der Waals surface area contributed by atoms with Crippen molar-refractivity contribution in [3.8, 4) is 6.07 Å². The van der Waals surface area contributed by atoms with Crippen LogP contribution >= 0.6 is 11.3 Å². The molecule has 0 spiro atoms. The fraction of sp³-hybridized carbons (Fsp3) is 0.226. The quantitative estimate of drug-likeness (QED) is 0.0760. The smallest absolute Gasteiger partial charge is 0.330 e. The van der Waals surface area contributed by atoms with Crippen molar-refractivity contribution in [2.24, 2.45) is 20.5 Å². The fourth-order valence-electron chi connectivity index (χ4n) is 3.65. The molecule has 0 saturated carbocycles. The summed E-state index contributed by atoms with van der Waals surface area (Å²) in [5.41, 5.74) is 2.43. The predicted octanol–water partition coefficient (Wildman–Crippen LogP) is 7.45. The monoisotopic (exact) mass is 613 g/mol. The van der Waals surface area contributed by atoms with Crippen molar-refractivity contribution >= 4 is 61.9 Å². The molecule has 0 aliphatic carbocycles. The topological polar surface area (TPSA) is 158 Å². The molecule has 3 aromatic rings. The number of esters is 2. The number of ether oxygens (including phenoxy) is 2. The third-order valence-electron chi connectivity index (χ3n) is 5.81. The molecule has 1 N–H and O–H groups in total. The Hall–Kier alpha value is -5.48. The maximum Gasteiger partial charge on any atom is 0.330 e. The summed E-state index contributed by atoms with van der Waals surface area (Å²) in [4.78, 5) is 37.4. The van der Waals surface area contributed by atoms with Gasteiger partial charge in [-0.25, -0.2) is 9.59 Å². The molecule has 1 heterocycles. The van der Waals surface area contributed by atoms with Gasteiger partial charge >= 0.3 is 11.9 Å². The van der Waals surface area contributed by atoms with Crippen molar-refractivity contribution in [1.29, 1.82) is 5.26 Å². The maximum atomic E-state index is 12.7. The Kier molecular flexibility index (Phi) is 13.1. The molecule has 0 aliphatic rings. The van der Waals surface area contributed by atoms with Crippen LogP contribution in [0.25, 0.3) is 0 Å².